The van der Waals surface area contributed by atoms with Gasteiger partial charge in [0.25, 0.3) is 0 Å². The minimum atomic E-state index is -3.36. The van der Waals surface area contributed by atoms with Crippen molar-refractivity contribution >= 4 is 18.5 Å². The van der Waals surface area contributed by atoms with Gasteiger partial charge < -0.3 is 4.52 Å². The van der Waals surface area contributed by atoms with Gasteiger partial charge in [-0.15, -0.1) is 6.58 Å². The van der Waals surface area contributed by atoms with Gasteiger partial charge in [-0.3, -0.25) is 9.05 Å². The lowest BCUT2D eigenvalue weighted by atomic mass is 10.2. The van der Waals surface area contributed by atoms with E-state index in [4.69, 9.17) is 26.1 Å². The number of hydrogen-bond acceptors (Lipinski definition) is 5. The van der Waals surface area contributed by atoms with Crippen LogP contribution in [0.5, 0.6) is 5.75 Å². The molecule has 1 rings (SSSR count). The minimum absolute atomic E-state index is 0.00246. The van der Waals surface area contributed by atoms with Crippen LogP contribution in [0, 0.1) is 17.1 Å². The molecule has 1 aromatic rings. The molecule has 0 aliphatic heterocycles. The second-order valence-electron chi connectivity index (χ2n) is 3.11. The van der Waals surface area contributed by atoms with E-state index in [0.717, 1.165) is 6.07 Å². The number of nitriles is 1. The molecule has 0 amide bonds. The fourth-order valence-electron chi connectivity index (χ4n) is 1.07. The van der Waals surface area contributed by atoms with Gasteiger partial charge in [-0.1, -0.05) is 6.08 Å². The average Bonchev–Trinajstić information content (AvgIpc) is 2.37. The smallest absolute Gasteiger partial charge is 0.383 e. The molecule has 1 aromatic carbocycles. The molecule has 0 spiro atoms. The van der Waals surface area contributed by atoms with Crippen LogP contribution in [0.3, 0.4) is 0 Å². The molecule has 0 N–H and O–H groups in total. The van der Waals surface area contributed by atoms with Gasteiger partial charge in [-0.25, -0.2) is 8.78 Å². The first-order valence-corrected chi connectivity index (χ1v) is 7.55. The van der Waals surface area contributed by atoms with Crippen molar-refractivity contribution in [3.8, 4) is 11.8 Å². The summed E-state index contributed by atoms with van der Waals surface area (Å²) in [7, 11) is 0. The summed E-state index contributed by atoms with van der Waals surface area (Å²) in [5.41, 5.74) is -0.140. The first kappa shape index (κ1) is 15.7. The zero-order valence-corrected chi connectivity index (χ0v) is 11.4. The van der Waals surface area contributed by atoms with E-state index in [2.05, 4.69) is 11.1 Å². The zero-order valence-electron chi connectivity index (χ0n) is 9.71. The highest BCUT2D eigenvalue weighted by Gasteiger charge is 2.22. The van der Waals surface area contributed by atoms with Crippen LogP contribution in [0.2, 0.25) is 0 Å². The van der Waals surface area contributed by atoms with Gasteiger partial charge in [0.1, 0.15) is 17.6 Å². The Bertz CT molecular complexity index is 547. The minimum Gasteiger partial charge on any atom is -0.424 e. The summed E-state index contributed by atoms with van der Waals surface area (Å²) >= 11 is 4.92. The van der Waals surface area contributed by atoms with Crippen LogP contribution in [-0.2, 0) is 20.9 Å². The Labute approximate surface area is 114 Å². The lowest BCUT2D eigenvalue weighted by Crippen LogP contribution is -2.02. The van der Waals surface area contributed by atoms with E-state index < -0.39 is 19.4 Å². The maximum atomic E-state index is 13.4. The van der Waals surface area contributed by atoms with Crippen LogP contribution in [0.15, 0.2) is 30.9 Å². The number of alkyl halides is 1. The van der Waals surface area contributed by atoms with Crippen molar-refractivity contribution in [2.24, 2.45) is 0 Å². The molecule has 1 atom stereocenters. The van der Waals surface area contributed by atoms with Crippen LogP contribution >= 0.6 is 6.72 Å². The van der Waals surface area contributed by atoms with E-state index in [0.29, 0.717) is 0 Å². The SMILES string of the molecule is C=CCOP(=S)(OCF)Oc1ccc(C#N)c(F)c1. The highest BCUT2D eigenvalue weighted by molar-refractivity contribution is 8.07. The molecule has 0 saturated carbocycles. The second-order valence-corrected chi connectivity index (χ2v) is 6.05. The fourth-order valence-corrected chi connectivity index (χ4v) is 2.59. The zero-order chi connectivity index (χ0) is 14.3. The van der Waals surface area contributed by atoms with Crippen molar-refractivity contribution in [3.63, 3.8) is 0 Å². The Balaban J connectivity index is 2.90. The quantitative estimate of drug-likeness (QED) is 0.570. The lowest BCUT2D eigenvalue weighted by molar-refractivity contribution is 0.148. The topological polar surface area (TPSA) is 51.5 Å². The van der Waals surface area contributed by atoms with Crippen molar-refractivity contribution < 1.29 is 22.4 Å². The Hall–Kier alpha value is -1.32. The highest BCUT2D eigenvalue weighted by atomic mass is 32.5. The van der Waals surface area contributed by atoms with Gasteiger partial charge in [-0.05, 0) is 12.1 Å². The molecule has 102 valence electrons. The highest BCUT2D eigenvalue weighted by Crippen LogP contribution is 2.49. The second kappa shape index (κ2) is 7.31. The summed E-state index contributed by atoms with van der Waals surface area (Å²) in [6.07, 6.45) is 1.39. The Morgan fingerprint density at radius 1 is 1.47 bits per heavy atom. The summed E-state index contributed by atoms with van der Waals surface area (Å²) in [5, 5.41) is 8.59. The third kappa shape index (κ3) is 4.69. The molecular weight excluding hydrogens is 295 g/mol. The predicted molar refractivity (Wildman–Crippen MR) is 69.2 cm³/mol. The first-order valence-electron chi connectivity index (χ1n) is 5.00. The Morgan fingerprint density at radius 3 is 2.74 bits per heavy atom. The molecule has 0 fully saturated rings. The van der Waals surface area contributed by atoms with Crippen molar-refractivity contribution in [1.82, 2.24) is 0 Å². The lowest BCUT2D eigenvalue weighted by Gasteiger charge is -2.20. The van der Waals surface area contributed by atoms with Crippen molar-refractivity contribution in [3.05, 3.63) is 42.2 Å². The third-order valence-electron chi connectivity index (χ3n) is 1.84. The van der Waals surface area contributed by atoms with Crippen molar-refractivity contribution in [1.29, 1.82) is 5.26 Å². The summed E-state index contributed by atoms with van der Waals surface area (Å²) in [5.74, 6) is -0.775. The van der Waals surface area contributed by atoms with E-state index in [9.17, 15) is 8.78 Å². The van der Waals surface area contributed by atoms with Gasteiger partial charge in [0.15, 0.2) is 6.86 Å². The molecule has 0 heterocycles. The van der Waals surface area contributed by atoms with Gasteiger partial charge in [0.2, 0.25) is 0 Å². The average molecular weight is 305 g/mol. The Morgan fingerprint density at radius 2 is 2.21 bits per heavy atom. The molecule has 1 unspecified atom stereocenters. The number of rotatable bonds is 7. The first-order chi connectivity index (χ1) is 9.04. The van der Waals surface area contributed by atoms with E-state index in [1.807, 2.05) is 0 Å². The largest absolute Gasteiger partial charge is 0.424 e. The Kier molecular flexibility index (Phi) is 6.06. The molecule has 0 aromatic heterocycles. The number of halogens is 2. The molecule has 0 saturated heterocycles. The van der Waals surface area contributed by atoms with Gasteiger partial charge in [0, 0.05) is 17.9 Å². The summed E-state index contributed by atoms with van der Waals surface area (Å²) < 4.78 is 40.5. The van der Waals surface area contributed by atoms with Crippen LogP contribution < -0.4 is 4.52 Å². The van der Waals surface area contributed by atoms with E-state index in [-0.39, 0.29) is 17.9 Å². The van der Waals surface area contributed by atoms with E-state index >= 15 is 0 Å². The van der Waals surface area contributed by atoms with Gasteiger partial charge in [-0.2, -0.15) is 5.26 Å². The molecule has 0 bridgehead atoms. The van der Waals surface area contributed by atoms with Gasteiger partial charge >= 0.3 is 6.72 Å². The standard InChI is InChI=1S/C11H10F2NO3PS/c1-2-5-15-18(19,16-8-12)17-10-4-3-9(7-14)11(13)6-10/h2-4,6H,1,5,8H2. The number of hydrogen-bond donors (Lipinski definition) is 0. The molecule has 0 radical (unpaired) electrons. The molecule has 4 nitrogen and oxygen atoms in total. The number of benzene rings is 1. The summed E-state index contributed by atoms with van der Waals surface area (Å²) in [6.45, 7) is -1.13. The van der Waals surface area contributed by atoms with Crippen LogP contribution in [0.1, 0.15) is 5.56 Å². The number of nitrogens with zero attached hydrogens (tertiary/aromatic N) is 1. The van der Waals surface area contributed by atoms with Crippen molar-refractivity contribution in [2.45, 2.75) is 0 Å². The maximum Gasteiger partial charge on any atom is 0.383 e. The van der Waals surface area contributed by atoms with E-state index in [1.54, 1.807) is 6.07 Å². The predicted octanol–water partition coefficient (Wildman–Crippen LogP) is 3.45. The molecule has 19 heavy (non-hydrogen) atoms. The normalized spacial score (nSPS) is 13.3. The molecule has 8 heteroatoms. The van der Waals surface area contributed by atoms with Crippen LogP contribution in [0.4, 0.5) is 8.78 Å². The monoisotopic (exact) mass is 305 g/mol. The third-order valence-corrected chi connectivity index (χ3v) is 4.01. The van der Waals surface area contributed by atoms with Crippen LogP contribution in [-0.4, -0.2) is 13.5 Å². The van der Waals surface area contributed by atoms with Gasteiger partial charge in [0.05, 0.1) is 12.2 Å². The van der Waals surface area contributed by atoms with Crippen molar-refractivity contribution in [2.75, 3.05) is 13.5 Å². The summed E-state index contributed by atoms with van der Waals surface area (Å²) in [6, 6.07) is 5.15. The molecule has 0 aliphatic rings. The molecule has 0 aliphatic carbocycles. The molecular formula is C11H10F2NO3PS. The fraction of sp³-hybridized carbons (Fsp3) is 0.182. The summed E-state index contributed by atoms with van der Waals surface area (Å²) in [4.78, 5) is 0. The van der Waals surface area contributed by atoms with E-state index in [1.165, 1.54) is 18.2 Å². The van der Waals surface area contributed by atoms with Crippen LogP contribution in [0.25, 0.3) is 0 Å². The maximum absolute atomic E-state index is 13.4.